The van der Waals surface area contributed by atoms with Crippen LogP contribution in [0.15, 0.2) is 29.2 Å². The van der Waals surface area contributed by atoms with Gasteiger partial charge < -0.3 is 10.6 Å². The third-order valence-electron chi connectivity index (χ3n) is 6.15. The summed E-state index contributed by atoms with van der Waals surface area (Å²) in [4.78, 5) is 24.6. The number of amides is 2. The molecule has 2 N–H and O–H groups in total. The number of hydrogen-bond acceptors (Lipinski definition) is 4. The van der Waals surface area contributed by atoms with Gasteiger partial charge in [-0.05, 0) is 56.4 Å². The fourth-order valence-electron chi connectivity index (χ4n) is 4.43. The number of hydrogen-bond donors (Lipinski definition) is 2. The van der Waals surface area contributed by atoms with Crippen molar-refractivity contribution in [2.24, 2.45) is 0 Å². The summed E-state index contributed by atoms with van der Waals surface area (Å²) in [7, 11) is -3.63. The van der Waals surface area contributed by atoms with Crippen molar-refractivity contribution in [2.75, 3.05) is 13.1 Å². The minimum atomic E-state index is -3.63. The van der Waals surface area contributed by atoms with Crippen molar-refractivity contribution in [1.29, 1.82) is 0 Å². The summed E-state index contributed by atoms with van der Waals surface area (Å²) < 4.78 is 27.7. The fourth-order valence-corrected chi connectivity index (χ4v) is 6.28. The van der Waals surface area contributed by atoms with E-state index >= 15 is 0 Å². The standard InChI is InChI=1S/C22H32ClN3O4S/c23-17-10-12-20(13-11-17)31(29,30)26-16-6-5-9-19(26)14-15-24-21(27)22(28)25-18-7-3-1-2-4-8-18/h10-13,18-19H,1-9,14-16H2,(H,24,27)(H,25,28). The Morgan fingerprint density at radius 3 is 2.26 bits per heavy atom. The highest BCUT2D eigenvalue weighted by Crippen LogP contribution is 2.27. The Morgan fingerprint density at radius 1 is 0.935 bits per heavy atom. The Balaban J connectivity index is 1.52. The van der Waals surface area contributed by atoms with E-state index in [4.69, 9.17) is 11.6 Å². The van der Waals surface area contributed by atoms with Crippen LogP contribution in [-0.2, 0) is 19.6 Å². The van der Waals surface area contributed by atoms with Crippen molar-refractivity contribution in [3.8, 4) is 0 Å². The Kier molecular flexibility index (Phi) is 8.75. The highest BCUT2D eigenvalue weighted by molar-refractivity contribution is 7.89. The predicted octanol–water partition coefficient (Wildman–Crippen LogP) is 3.23. The number of rotatable bonds is 6. The average Bonchev–Trinajstić information content (AvgIpc) is 3.03. The van der Waals surface area contributed by atoms with Crippen LogP contribution in [0, 0.1) is 0 Å². The molecule has 1 atom stereocenters. The van der Waals surface area contributed by atoms with Crippen LogP contribution in [0.1, 0.15) is 64.2 Å². The average molecular weight is 470 g/mol. The molecule has 1 unspecified atom stereocenters. The van der Waals surface area contributed by atoms with Crippen molar-refractivity contribution in [1.82, 2.24) is 14.9 Å². The van der Waals surface area contributed by atoms with Gasteiger partial charge in [-0.2, -0.15) is 4.31 Å². The van der Waals surface area contributed by atoms with Gasteiger partial charge in [0.1, 0.15) is 0 Å². The van der Waals surface area contributed by atoms with Gasteiger partial charge in [-0.25, -0.2) is 8.42 Å². The Bertz CT molecular complexity index is 852. The van der Waals surface area contributed by atoms with Gasteiger partial charge in [-0.15, -0.1) is 0 Å². The maximum Gasteiger partial charge on any atom is 0.309 e. The Hall–Kier alpha value is -1.64. The van der Waals surface area contributed by atoms with Crippen LogP contribution in [-0.4, -0.2) is 49.7 Å². The molecule has 1 aliphatic carbocycles. The molecule has 0 aromatic heterocycles. The molecule has 0 radical (unpaired) electrons. The smallest absolute Gasteiger partial charge is 0.309 e. The molecule has 0 spiro atoms. The normalized spacial score (nSPS) is 21.3. The van der Waals surface area contributed by atoms with Crippen LogP contribution in [0.2, 0.25) is 5.02 Å². The minimum Gasteiger partial charge on any atom is -0.348 e. The molecule has 2 amide bonds. The maximum atomic E-state index is 13.1. The molecule has 9 heteroatoms. The second-order valence-electron chi connectivity index (χ2n) is 8.43. The van der Waals surface area contributed by atoms with Gasteiger partial charge >= 0.3 is 11.8 Å². The molecule has 1 saturated heterocycles. The van der Waals surface area contributed by atoms with E-state index in [1.54, 1.807) is 12.1 Å². The van der Waals surface area contributed by atoms with Crippen molar-refractivity contribution < 1.29 is 18.0 Å². The number of halogens is 1. The lowest BCUT2D eigenvalue weighted by molar-refractivity contribution is -0.139. The summed E-state index contributed by atoms with van der Waals surface area (Å²) in [6.45, 7) is 0.708. The Morgan fingerprint density at radius 2 is 1.58 bits per heavy atom. The van der Waals surface area contributed by atoms with Crippen LogP contribution >= 0.6 is 11.6 Å². The van der Waals surface area contributed by atoms with Gasteiger partial charge in [0.15, 0.2) is 0 Å². The first-order valence-electron chi connectivity index (χ1n) is 11.2. The van der Waals surface area contributed by atoms with Crippen molar-refractivity contribution in [2.45, 2.75) is 81.2 Å². The molecule has 1 aliphatic heterocycles. The van der Waals surface area contributed by atoms with Gasteiger partial charge in [0.2, 0.25) is 10.0 Å². The lowest BCUT2D eigenvalue weighted by Crippen LogP contribution is -2.47. The molecule has 31 heavy (non-hydrogen) atoms. The van der Waals surface area contributed by atoms with Crippen LogP contribution in [0.25, 0.3) is 0 Å². The number of nitrogens with one attached hydrogen (secondary N) is 2. The number of sulfonamides is 1. The molecule has 2 aliphatic rings. The Labute approximate surface area is 190 Å². The van der Waals surface area contributed by atoms with Gasteiger partial charge in [-0.3, -0.25) is 9.59 Å². The van der Waals surface area contributed by atoms with Crippen LogP contribution in [0.4, 0.5) is 0 Å². The number of piperidine rings is 1. The number of carbonyl (C=O) groups is 2. The number of carbonyl (C=O) groups excluding carboxylic acids is 2. The third kappa shape index (κ3) is 6.67. The first kappa shape index (κ1) is 24.0. The zero-order valence-electron chi connectivity index (χ0n) is 17.8. The van der Waals surface area contributed by atoms with Crippen molar-refractivity contribution in [3.63, 3.8) is 0 Å². The first-order chi connectivity index (χ1) is 14.9. The van der Waals surface area contributed by atoms with E-state index < -0.39 is 21.8 Å². The molecule has 1 saturated carbocycles. The molecule has 7 nitrogen and oxygen atoms in total. The fraction of sp³-hybridized carbons (Fsp3) is 0.636. The van der Waals surface area contributed by atoms with Crippen LogP contribution < -0.4 is 10.6 Å². The molecular weight excluding hydrogens is 438 g/mol. The first-order valence-corrected chi connectivity index (χ1v) is 13.1. The van der Waals surface area contributed by atoms with Gasteiger partial charge in [0.05, 0.1) is 4.90 Å². The highest BCUT2D eigenvalue weighted by atomic mass is 35.5. The topological polar surface area (TPSA) is 95.6 Å². The molecule has 0 bridgehead atoms. The predicted molar refractivity (Wildman–Crippen MR) is 120 cm³/mol. The zero-order valence-corrected chi connectivity index (χ0v) is 19.4. The molecule has 172 valence electrons. The lowest BCUT2D eigenvalue weighted by atomic mass is 10.0. The monoisotopic (exact) mass is 469 g/mol. The van der Waals surface area contributed by atoms with Crippen molar-refractivity contribution >= 4 is 33.4 Å². The van der Waals surface area contributed by atoms with Crippen molar-refractivity contribution in [3.05, 3.63) is 29.3 Å². The molecular formula is C22H32ClN3O4S. The number of benzene rings is 1. The largest absolute Gasteiger partial charge is 0.348 e. The minimum absolute atomic E-state index is 0.0686. The molecule has 2 fully saturated rings. The second kappa shape index (κ2) is 11.3. The summed E-state index contributed by atoms with van der Waals surface area (Å²) in [5.41, 5.74) is 0. The van der Waals surface area contributed by atoms with Gasteiger partial charge in [-0.1, -0.05) is 43.7 Å². The molecule has 1 aromatic rings. The maximum absolute atomic E-state index is 13.1. The lowest BCUT2D eigenvalue weighted by Gasteiger charge is -2.34. The summed E-state index contributed by atoms with van der Waals surface area (Å²) in [5, 5.41) is 5.99. The quantitative estimate of drug-likeness (QED) is 0.494. The van der Waals surface area contributed by atoms with Gasteiger partial charge in [0, 0.05) is 30.2 Å². The van der Waals surface area contributed by atoms with E-state index in [0.717, 1.165) is 44.9 Å². The number of nitrogens with zero attached hydrogens (tertiary/aromatic N) is 1. The van der Waals surface area contributed by atoms with Gasteiger partial charge in [0.25, 0.3) is 0 Å². The second-order valence-corrected chi connectivity index (χ2v) is 10.8. The van der Waals surface area contributed by atoms with Crippen LogP contribution in [0.3, 0.4) is 0 Å². The van der Waals surface area contributed by atoms with Crippen LogP contribution in [0.5, 0.6) is 0 Å². The summed E-state index contributed by atoms with van der Waals surface area (Å²) >= 11 is 5.89. The van der Waals surface area contributed by atoms with E-state index in [1.165, 1.54) is 29.3 Å². The summed E-state index contributed by atoms with van der Waals surface area (Å²) in [5.74, 6) is -1.24. The van der Waals surface area contributed by atoms with E-state index in [-0.39, 0.29) is 23.5 Å². The summed E-state index contributed by atoms with van der Waals surface area (Å²) in [6, 6.07) is 6.03. The third-order valence-corrected chi connectivity index (χ3v) is 8.37. The van der Waals surface area contributed by atoms with E-state index in [9.17, 15) is 18.0 Å². The zero-order chi connectivity index (χ0) is 22.3. The SMILES string of the molecule is O=C(NCCC1CCCCN1S(=O)(=O)c1ccc(Cl)cc1)C(=O)NC1CCCCCC1. The molecule has 1 heterocycles. The highest BCUT2D eigenvalue weighted by Gasteiger charge is 2.33. The van der Waals surface area contributed by atoms with E-state index in [2.05, 4.69) is 10.6 Å². The summed E-state index contributed by atoms with van der Waals surface area (Å²) in [6.07, 6.45) is 9.28. The van der Waals surface area contributed by atoms with E-state index in [0.29, 0.717) is 18.0 Å². The molecule has 1 aromatic carbocycles. The molecule has 3 rings (SSSR count). The van der Waals surface area contributed by atoms with E-state index in [1.807, 2.05) is 0 Å².